The lowest BCUT2D eigenvalue weighted by Crippen LogP contribution is -2.58. The molecule has 3 atom stereocenters. The smallest absolute Gasteiger partial charge is 0.308 e. The van der Waals surface area contributed by atoms with Gasteiger partial charge in [-0.3, -0.25) is 19.2 Å². The Labute approximate surface area is 192 Å². The van der Waals surface area contributed by atoms with Crippen LogP contribution in [0.15, 0.2) is 18.2 Å². The molecule has 9 nitrogen and oxygen atoms in total. The molecule has 174 valence electrons. The standard InChI is InChI=1S/C22H29ClN4O5/c1-22(2,3)18(26-19(29)12-6-7-15(24)14(23)9-12)21(31)27-8-4-5-16(27)20(30)25-13-10-17(28)32-11-13/h6-7,9,13,16,18H,4-5,8,10-11,24H2,1-3H3,(H,25,30)(H,26,29)/t13-,16-,18+/m0/s1. The van der Waals surface area contributed by atoms with Gasteiger partial charge in [0.05, 0.1) is 23.2 Å². The van der Waals surface area contributed by atoms with E-state index in [9.17, 15) is 19.2 Å². The van der Waals surface area contributed by atoms with E-state index in [1.165, 1.54) is 23.1 Å². The van der Waals surface area contributed by atoms with Crippen LogP contribution in [0.5, 0.6) is 0 Å². The van der Waals surface area contributed by atoms with E-state index in [1.54, 1.807) is 0 Å². The summed E-state index contributed by atoms with van der Waals surface area (Å²) in [5.41, 5.74) is 5.74. The van der Waals surface area contributed by atoms with Gasteiger partial charge >= 0.3 is 5.97 Å². The van der Waals surface area contributed by atoms with Crippen molar-refractivity contribution in [2.45, 2.75) is 58.2 Å². The zero-order chi connectivity index (χ0) is 23.6. The molecule has 0 radical (unpaired) electrons. The number of nitrogens with two attached hydrogens (primary N) is 1. The van der Waals surface area contributed by atoms with Gasteiger partial charge in [-0.1, -0.05) is 32.4 Å². The second kappa shape index (κ2) is 9.36. The number of nitrogen functional groups attached to an aromatic ring is 1. The molecule has 4 N–H and O–H groups in total. The van der Waals surface area contributed by atoms with Gasteiger partial charge < -0.3 is 26.0 Å². The first-order chi connectivity index (χ1) is 15.0. The number of nitrogens with one attached hydrogen (secondary N) is 2. The van der Waals surface area contributed by atoms with Gasteiger partial charge in [0.2, 0.25) is 11.8 Å². The van der Waals surface area contributed by atoms with Crippen molar-refractivity contribution < 1.29 is 23.9 Å². The van der Waals surface area contributed by atoms with Crippen LogP contribution in [0.2, 0.25) is 5.02 Å². The van der Waals surface area contributed by atoms with E-state index in [0.717, 1.165) is 0 Å². The predicted octanol–water partition coefficient (Wildman–Crippen LogP) is 1.49. The van der Waals surface area contributed by atoms with Gasteiger partial charge in [-0.25, -0.2) is 0 Å². The molecule has 3 rings (SSSR count). The van der Waals surface area contributed by atoms with Gasteiger partial charge in [0, 0.05) is 12.1 Å². The number of rotatable bonds is 5. The molecule has 2 heterocycles. The number of esters is 1. The number of halogens is 1. The third-order valence-electron chi connectivity index (χ3n) is 5.69. The number of likely N-dealkylation sites (tertiary alicyclic amines) is 1. The fraction of sp³-hybridized carbons (Fsp3) is 0.545. The minimum absolute atomic E-state index is 0.122. The first-order valence-electron chi connectivity index (χ1n) is 10.6. The molecule has 0 aliphatic carbocycles. The number of amides is 3. The van der Waals surface area contributed by atoms with Gasteiger partial charge in [0.15, 0.2) is 0 Å². The molecule has 0 bridgehead atoms. The van der Waals surface area contributed by atoms with Crippen LogP contribution in [-0.4, -0.2) is 59.9 Å². The Bertz CT molecular complexity index is 929. The van der Waals surface area contributed by atoms with Crippen molar-refractivity contribution in [3.8, 4) is 0 Å². The lowest BCUT2D eigenvalue weighted by atomic mass is 9.85. The van der Waals surface area contributed by atoms with E-state index in [2.05, 4.69) is 10.6 Å². The third-order valence-corrected chi connectivity index (χ3v) is 6.02. The quantitative estimate of drug-likeness (QED) is 0.447. The van der Waals surface area contributed by atoms with Crippen LogP contribution >= 0.6 is 11.6 Å². The molecule has 0 unspecified atom stereocenters. The monoisotopic (exact) mass is 464 g/mol. The van der Waals surface area contributed by atoms with E-state index in [-0.39, 0.29) is 47.4 Å². The summed E-state index contributed by atoms with van der Waals surface area (Å²) in [5.74, 6) is -1.46. The molecule has 0 spiro atoms. The summed E-state index contributed by atoms with van der Waals surface area (Å²) >= 11 is 6.03. The minimum atomic E-state index is -0.865. The van der Waals surface area contributed by atoms with Crippen LogP contribution < -0.4 is 16.4 Å². The third kappa shape index (κ3) is 5.32. The van der Waals surface area contributed by atoms with E-state index in [0.29, 0.717) is 25.1 Å². The van der Waals surface area contributed by atoms with E-state index < -0.39 is 23.4 Å². The number of hydrogen-bond donors (Lipinski definition) is 3. The SMILES string of the molecule is CC(C)(C)[C@H](NC(=O)c1ccc(N)c(Cl)c1)C(=O)N1CCC[C@H]1C(=O)N[C@@H]1COC(=O)C1. The summed E-state index contributed by atoms with van der Waals surface area (Å²) in [4.78, 5) is 52.0. The first kappa shape index (κ1) is 23.8. The van der Waals surface area contributed by atoms with Crippen molar-refractivity contribution in [1.29, 1.82) is 0 Å². The van der Waals surface area contributed by atoms with Gasteiger partial charge in [0.25, 0.3) is 5.91 Å². The maximum absolute atomic E-state index is 13.5. The molecule has 2 fully saturated rings. The van der Waals surface area contributed by atoms with Crippen molar-refractivity contribution in [1.82, 2.24) is 15.5 Å². The Morgan fingerprint density at radius 1 is 1.28 bits per heavy atom. The number of anilines is 1. The van der Waals surface area contributed by atoms with Gasteiger partial charge in [-0.15, -0.1) is 0 Å². The lowest BCUT2D eigenvalue weighted by molar-refractivity contribution is -0.142. The topological polar surface area (TPSA) is 131 Å². The van der Waals surface area contributed by atoms with Crippen LogP contribution in [0.4, 0.5) is 5.69 Å². The Morgan fingerprint density at radius 2 is 2.00 bits per heavy atom. The highest BCUT2D eigenvalue weighted by Crippen LogP contribution is 2.27. The van der Waals surface area contributed by atoms with Crippen LogP contribution in [-0.2, 0) is 19.1 Å². The van der Waals surface area contributed by atoms with Crippen molar-refractivity contribution in [3.63, 3.8) is 0 Å². The van der Waals surface area contributed by atoms with Crippen molar-refractivity contribution in [3.05, 3.63) is 28.8 Å². The predicted molar refractivity (Wildman–Crippen MR) is 119 cm³/mol. The molecule has 3 amide bonds. The largest absolute Gasteiger partial charge is 0.463 e. The molecular weight excluding hydrogens is 436 g/mol. The molecule has 0 saturated carbocycles. The lowest BCUT2D eigenvalue weighted by Gasteiger charge is -2.35. The number of carbonyl (C=O) groups excluding carboxylic acids is 4. The van der Waals surface area contributed by atoms with E-state index in [4.69, 9.17) is 22.1 Å². The molecule has 2 aliphatic rings. The van der Waals surface area contributed by atoms with Gasteiger partial charge in [-0.2, -0.15) is 0 Å². The summed E-state index contributed by atoms with van der Waals surface area (Å²) in [6.45, 7) is 6.08. The Hall–Kier alpha value is -2.81. The van der Waals surface area contributed by atoms with E-state index >= 15 is 0 Å². The molecule has 2 saturated heterocycles. The molecule has 1 aromatic carbocycles. The molecule has 1 aromatic rings. The van der Waals surface area contributed by atoms with Crippen molar-refractivity contribution in [2.24, 2.45) is 5.41 Å². The fourth-order valence-electron chi connectivity index (χ4n) is 3.90. The molecule has 10 heteroatoms. The highest BCUT2D eigenvalue weighted by Gasteiger charge is 2.42. The van der Waals surface area contributed by atoms with Crippen LogP contribution in [0.25, 0.3) is 0 Å². The minimum Gasteiger partial charge on any atom is -0.463 e. The average molecular weight is 465 g/mol. The van der Waals surface area contributed by atoms with Crippen molar-refractivity contribution >= 4 is 41.0 Å². The number of hydrogen-bond acceptors (Lipinski definition) is 6. The summed E-state index contributed by atoms with van der Waals surface area (Å²) in [6, 6.07) is 2.61. The average Bonchev–Trinajstić information content (AvgIpc) is 3.35. The maximum atomic E-state index is 13.5. The van der Waals surface area contributed by atoms with Crippen molar-refractivity contribution in [2.75, 3.05) is 18.9 Å². The Kier molecular flexibility index (Phi) is 6.97. The maximum Gasteiger partial charge on any atom is 0.308 e. The molecular formula is C22H29ClN4O5. The second-order valence-electron chi connectivity index (χ2n) is 9.29. The molecule has 0 aromatic heterocycles. The zero-order valence-corrected chi connectivity index (χ0v) is 19.2. The van der Waals surface area contributed by atoms with Gasteiger partial charge in [-0.05, 0) is 36.5 Å². The number of benzene rings is 1. The summed E-state index contributed by atoms with van der Waals surface area (Å²) in [6.07, 6.45) is 1.30. The van der Waals surface area contributed by atoms with Crippen LogP contribution in [0, 0.1) is 5.41 Å². The summed E-state index contributed by atoms with van der Waals surface area (Å²) < 4.78 is 4.89. The Morgan fingerprint density at radius 3 is 2.59 bits per heavy atom. The van der Waals surface area contributed by atoms with Gasteiger partial charge in [0.1, 0.15) is 18.7 Å². The zero-order valence-electron chi connectivity index (χ0n) is 18.4. The number of nitrogens with zero attached hydrogens (tertiary/aromatic N) is 1. The van der Waals surface area contributed by atoms with E-state index in [1.807, 2.05) is 20.8 Å². The number of carbonyl (C=O) groups is 4. The summed E-state index contributed by atoms with van der Waals surface area (Å²) in [7, 11) is 0. The highest BCUT2D eigenvalue weighted by molar-refractivity contribution is 6.33. The Balaban J connectivity index is 1.74. The summed E-state index contributed by atoms with van der Waals surface area (Å²) in [5, 5.41) is 5.86. The highest BCUT2D eigenvalue weighted by atomic mass is 35.5. The number of ether oxygens (including phenoxy) is 1. The van der Waals surface area contributed by atoms with Crippen LogP contribution in [0.1, 0.15) is 50.4 Å². The van der Waals surface area contributed by atoms with Crippen LogP contribution in [0.3, 0.4) is 0 Å². The number of cyclic esters (lactones) is 1. The second-order valence-corrected chi connectivity index (χ2v) is 9.70. The molecule has 2 aliphatic heterocycles. The molecule has 32 heavy (non-hydrogen) atoms. The normalized spacial score (nSPS) is 21.8. The first-order valence-corrected chi connectivity index (χ1v) is 11.0. The fourth-order valence-corrected chi connectivity index (χ4v) is 4.08.